The molecule has 0 atom stereocenters. The van der Waals surface area contributed by atoms with E-state index in [9.17, 15) is 0 Å². The highest BCUT2D eigenvalue weighted by atomic mass is 35.5. The van der Waals surface area contributed by atoms with Gasteiger partial charge < -0.3 is 5.43 Å². The lowest BCUT2D eigenvalue weighted by atomic mass is 10.5. The van der Waals surface area contributed by atoms with Crippen LogP contribution in [0.5, 0.6) is 0 Å². The van der Waals surface area contributed by atoms with Crippen molar-refractivity contribution in [2.24, 2.45) is 5.84 Å². The molecule has 0 spiro atoms. The molecular formula is C10H9ClN4S. The van der Waals surface area contributed by atoms with Crippen LogP contribution in [0.4, 0.5) is 5.82 Å². The number of nitrogens with two attached hydrogens (primary N) is 1. The van der Waals surface area contributed by atoms with E-state index in [1.54, 1.807) is 18.5 Å². The molecule has 2 aromatic heterocycles. The van der Waals surface area contributed by atoms with Gasteiger partial charge in [-0.1, -0.05) is 23.4 Å². The molecule has 4 nitrogen and oxygen atoms in total. The largest absolute Gasteiger partial charge is 0.308 e. The maximum atomic E-state index is 5.75. The van der Waals surface area contributed by atoms with Crippen LogP contribution in [-0.2, 0) is 0 Å². The van der Waals surface area contributed by atoms with Crippen molar-refractivity contribution >= 4 is 29.2 Å². The monoisotopic (exact) mass is 252 g/mol. The maximum absolute atomic E-state index is 5.75. The van der Waals surface area contributed by atoms with E-state index in [2.05, 4.69) is 15.4 Å². The Labute approximate surface area is 102 Å². The number of hydrogen-bond acceptors (Lipinski definition) is 5. The zero-order valence-corrected chi connectivity index (χ0v) is 9.79. The molecule has 2 aromatic rings. The molecule has 0 amide bonds. The summed E-state index contributed by atoms with van der Waals surface area (Å²) in [7, 11) is 0. The Kier molecular flexibility index (Phi) is 3.61. The van der Waals surface area contributed by atoms with Gasteiger partial charge in [-0.2, -0.15) is 0 Å². The highest BCUT2D eigenvalue weighted by Crippen LogP contribution is 2.27. The van der Waals surface area contributed by atoms with Gasteiger partial charge in [-0.15, -0.1) is 0 Å². The van der Waals surface area contributed by atoms with Crippen LogP contribution in [0.3, 0.4) is 0 Å². The van der Waals surface area contributed by atoms with Crippen molar-refractivity contribution in [2.75, 3.05) is 5.43 Å². The minimum atomic E-state index is 0.624. The number of nitrogen functional groups attached to an aromatic ring is 1. The van der Waals surface area contributed by atoms with Crippen LogP contribution in [0.2, 0.25) is 5.02 Å². The van der Waals surface area contributed by atoms with Crippen molar-refractivity contribution in [1.82, 2.24) is 9.97 Å². The highest BCUT2D eigenvalue weighted by Gasteiger charge is 2.00. The van der Waals surface area contributed by atoms with Gasteiger partial charge in [0.2, 0.25) is 0 Å². The van der Waals surface area contributed by atoms with Gasteiger partial charge in [0.25, 0.3) is 0 Å². The zero-order chi connectivity index (χ0) is 11.4. The van der Waals surface area contributed by atoms with E-state index in [-0.39, 0.29) is 0 Å². The van der Waals surface area contributed by atoms with E-state index in [0.29, 0.717) is 10.8 Å². The lowest BCUT2D eigenvalue weighted by Crippen LogP contribution is -2.07. The van der Waals surface area contributed by atoms with E-state index < -0.39 is 0 Å². The molecule has 0 radical (unpaired) electrons. The van der Waals surface area contributed by atoms with Gasteiger partial charge in [-0.3, -0.25) is 0 Å². The average molecular weight is 253 g/mol. The van der Waals surface area contributed by atoms with Gasteiger partial charge in [0, 0.05) is 17.3 Å². The summed E-state index contributed by atoms with van der Waals surface area (Å²) in [5, 5.41) is 1.50. The summed E-state index contributed by atoms with van der Waals surface area (Å²) in [5.74, 6) is 5.90. The van der Waals surface area contributed by atoms with E-state index in [0.717, 1.165) is 9.92 Å². The van der Waals surface area contributed by atoms with Crippen molar-refractivity contribution in [2.45, 2.75) is 9.92 Å². The van der Waals surface area contributed by atoms with Crippen molar-refractivity contribution in [3.63, 3.8) is 0 Å². The number of anilines is 1. The topological polar surface area (TPSA) is 63.8 Å². The third-order valence-corrected chi connectivity index (χ3v) is 2.97. The minimum absolute atomic E-state index is 0.624. The van der Waals surface area contributed by atoms with Crippen molar-refractivity contribution in [3.8, 4) is 0 Å². The third kappa shape index (κ3) is 2.85. The fourth-order valence-corrected chi connectivity index (χ4v) is 1.99. The Morgan fingerprint density at radius 1 is 1.25 bits per heavy atom. The first-order valence-electron chi connectivity index (χ1n) is 4.50. The first-order valence-corrected chi connectivity index (χ1v) is 5.69. The van der Waals surface area contributed by atoms with Crippen molar-refractivity contribution < 1.29 is 0 Å². The van der Waals surface area contributed by atoms with E-state index in [4.69, 9.17) is 17.4 Å². The molecule has 2 heterocycles. The number of rotatable bonds is 3. The zero-order valence-electron chi connectivity index (χ0n) is 8.22. The first kappa shape index (κ1) is 11.2. The molecule has 0 aliphatic carbocycles. The van der Waals surface area contributed by atoms with Crippen LogP contribution in [0, 0.1) is 0 Å². The Morgan fingerprint density at radius 2 is 2.12 bits per heavy atom. The molecule has 0 bridgehead atoms. The maximum Gasteiger partial charge on any atom is 0.140 e. The molecule has 0 fully saturated rings. The Balaban J connectivity index is 2.16. The lowest BCUT2D eigenvalue weighted by molar-refractivity contribution is 1.13. The smallest absolute Gasteiger partial charge is 0.140 e. The summed E-state index contributed by atoms with van der Waals surface area (Å²) < 4.78 is 0. The average Bonchev–Trinajstić information content (AvgIpc) is 2.32. The van der Waals surface area contributed by atoms with Crippen molar-refractivity contribution in [1.29, 1.82) is 0 Å². The molecule has 6 heteroatoms. The van der Waals surface area contributed by atoms with Gasteiger partial charge in [0.1, 0.15) is 10.8 Å². The molecule has 0 saturated carbocycles. The fourth-order valence-electron chi connectivity index (χ4n) is 1.10. The first-order chi connectivity index (χ1) is 7.78. The number of halogens is 1. The van der Waals surface area contributed by atoms with Crippen LogP contribution in [0.25, 0.3) is 0 Å². The number of hydrazine groups is 1. The van der Waals surface area contributed by atoms with E-state index >= 15 is 0 Å². The predicted molar refractivity (Wildman–Crippen MR) is 65.4 cm³/mol. The van der Waals surface area contributed by atoms with Crippen LogP contribution < -0.4 is 11.3 Å². The van der Waals surface area contributed by atoms with Crippen molar-refractivity contribution in [3.05, 3.63) is 41.7 Å². The number of aromatic nitrogens is 2. The minimum Gasteiger partial charge on any atom is -0.308 e. The summed E-state index contributed by atoms with van der Waals surface area (Å²) in [4.78, 5) is 9.22. The van der Waals surface area contributed by atoms with Crippen LogP contribution in [0.15, 0.2) is 46.6 Å². The highest BCUT2D eigenvalue weighted by molar-refractivity contribution is 7.99. The molecule has 0 saturated heterocycles. The summed E-state index contributed by atoms with van der Waals surface area (Å²) >= 11 is 7.27. The molecule has 0 unspecified atom stereocenters. The molecule has 2 rings (SSSR count). The number of pyridine rings is 2. The molecule has 0 aliphatic rings. The normalized spacial score (nSPS) is 10.1. The van der Waals surface area contributed by atoms with Crippen LogP contribution in [-0.4, -0.2) is 9.97 Å². The summed E-state index contributed by atoms with van der Waals surface area (Å²) in [6.45, 7) is 0. The number of nitrogens with zero attached hydrogens (tertiary/aromatic N) is 2. The second-order valence-corrected chi connectivity index (χ2v) is 4.47. The van der Waals surface area contributed by atoms with Crippen LogP contribution in [0.1, 0.15) is 0 Å². The molecule has 82 valence electrons. The van der Waals surface area contributed by atoms with Gasteiger partial charge >= 0.3 is 0 Å². The summed E-state index contributed by atoms with van der Waals surface area (Å²) in [5.41, 5.74) is 2.50. The number of hydrogen-bond donors (Lipinski definition) is 2. The Hall–Kier alpha value is -1.30. The second-order valence-electron chi connectivity index (χ2n) is 2.94. The lowest BCUT2D eigenvalue weighted by Gasteiger charge is -2.03. The molecular weight excluding hydrogens is 244 g/mol. The van der Waals surface area contributed by atoms with E-state index in [1.807, 2.05) is 18.2 Å². The van der Waals surface area contributed by atoms with E-state index in [1.165, 1.54) is 11.8 Å². The fraction of sp³-hybridized carbons (Fsp3) is 0. The molecule has 16 heavy (non-hydrogen) atoms. The summed E-state index contributed by atoms with van der Waals surface area (Å²) in [6, 6.07) is 7.41. The summed E-state index contributed by atoms with van der Waals surface area (Å²) in [6.07, 6.45) is 3.31. The second kappa shape index (κ2) is 5.16. The molecule has 0 aliphatic heterocycles. The SMILES string of the molecule is NNc1cc(Sc2ccc(Cl)cn2)ccn1. The molecule has 0 aromatic carbocycles. The van der Waals surface area contributed by atoms with Gasteiger partial charge in [0.05, 0.1) is 5.02 Å². The predicted octanol–water partition coefficient (Wildman–Crippen LogP) is 2.57. The standard InChI is InChI=1S/C10H9ClN4S/c11-7-1-2-10(14-6-7)16-8-3-4-13-9(5-8)15-12/h1-6H,12H2,(H,13,15). The van der Waals surface area contributed by atoms with Gasteiger partial charge in [0.15, 0.2) is 0 Å². The Bertz CT molecular complexity index is 475. The number of nitrogens with one attached hydrogen (secondary N) is 1. The van der Waals surface area contributed by atoms with Gasteiger partial charge in [-0.25, -0.2) is 15.8 Å². The Morgan fingerprint density at radius 3 is 2.81 bits per heavy atom. The van der Waals surface area contributed by atoms with Crippen LogP contribution >= 0.6 is 23.4 Å². The quantitative estimate of drug-likeness (QED) is 0.649. The molecule has 3 N–H and O–H groups in total. The van der Waals surface area contributed by atoms with Gasteiger partial charge in [-0.05, 0) is 24.3 Å². The third-order valence-electron chi connectivity index (χ3n) is 1.80.